The van der Waals surface area contributed by atoms with Gasteiger partial charge in [0.05, 0.1) is 13.5 Å². The monoisotopic (exact) mass is 550 g/mol. The van der Waals surface area contributed by atoms with Crippen LogP contribution >= 0.6 is 0 Å². The smallest absolute Gasteiger partial charge is 0.305 e. The summed E-state index contributed by atoms with van der Waals surface area (Å²) in [5.74, 6) is -0.819. The van der Waals surface area contributed by atoms with Gasteiger partial charge in [-0.2, -0.15) is 0 Å². The van der Waals surface area contributed by atoms with Gasteiger partial charge in [-0.15, -0.1) is 0 Å². The third-order valence-electron chi connectivity index (χ3n) is 6.87. The number of para-hydroxylation sites is 1. The van der Waals surface area contributed by atoms with Gasteiger partial charge in [-0.25, -0.2) is 0 Å². The Bertz CT molecular complexity index is 1490. The lowest BCUT2D eigenvalue weighted by Gasteiger charge is -2.24. The lowest BCUT2D eigenvalue weighted by Crippen LogP contribution is -2.34. The van der Waals surface area contributed by atoms with Crippen molar-refractivity contribution in [1.82, 2.24) is 10.2 Å². The van der Waals surface area contributed by atoms with Crippen molar-refractivity contribution in [3.05, 3.63) is 125 Å². The molecular weight excluding hydrogens is 516 g/mol. The van der Waals surface area contributed by atoms with E-state index in [0.717, 1.165) is 17.5 Å². The number of aryl methyl sites for hydroxylation is 1. The summed E-state index contributed by atoms with van der Waals surface area (Å²) in [6.07, 6.45) is 1.31. The van der Waals surface area contributed by atoms with Crippen molar-refractivity contribution >= 4 is 17.8 Å². The predicted octanol–water partition coefficient (Wildman–Crippen LogP) is 5.84. The van der Waals surface area contributed by atoms with Gasteiger partial charge in [0.1, 0.15) is 5.75 Å². The summed E-state index contributed by atoms with van der Waals surface area (Å²) < 4.78 is 5.40. The van der Waals surface area contributed by atoms with E-state index in [9.17, 15) is 19.5 Å². The van der Waals surface area contributed by atoms with Crippen molar-refractivity contribution in [3.8, 4) is 16.9 Å². The minimum Gasteiger partial charge on any atom is -0.496 e. The Kier molecular flexibility index (Phi) is 10.3. The maximum atomic E-state index is 13.9. The van der Waals surface area contributed by atoms with Gasteiger partial charge >= 0.3 is 5.97 Å². The number of ether oxygens (including phenoxy) is 1. The first-order chi connectivity index (χ1) is 20.0. The summed E-state index contributed by atoms with van der Waals surface area (Å²) in [7, 11) is 1.59. The molecule has 210 valence electrons. The van der Waals surface area contributed by atoms with Gasteiger partial charge < -0.3 is 20.1 Å². The molecule has 4 aromatic rings. The second-order valence-corrected chi connectivity index (χ2v) is 9.61. The molecule has 0 saturated heterocycles. The molecule has 0 bridgehead atoms. The largest absolute Gasteiger partial charge is 0.496 e. The Hall–Kier alpha value is -4.91. The van der Waals surface area contributed by atoms with Crippen molar-refractivity contribution in [3.63, 3.8) is 0 Å². The molecule has 0 aliphatic heterocycles. The van der Waals surface area contributed by atoms with Gasteiger partial charge in [0, 0.05) is 36.3 Å². The number of carboxylic acids is 1. The predicted molar refractivity (Wildman–Crippen MR) is 159 cm³/mol. The Morgan fingerprint density at radius 2 is 1.37 bits per heavy atom. The second-order valence-electron chi connectivity index (χ2n) is 9.61. The van der Waals surface area contributed by atoms with Gasteiger partial charge in [-0.1, -0.05) is 84.9 Å². The van der Waals surface area contributed by atoms with E-state index < -0.39 is 5.97 Å². The number of benzene rings is 4. The molecule has 41 heavy (non-hydrogen) atoms. The third kappa shape index (κ3) is 7.82. The molecule has 0 fully saturated rings. The normalized spacial score (nSPS) is 10.6. The first-order valence-corrected chi connectivity index (χ1v) is 13.6. The fraction of sp³-hybridized carbons (Fsp3) is 0.206. The molecule has 0 aliphatic rings. The van der Waals surface area contributed by atoms with Crippen LogP contribution in [0.1, 0.15) is 44.7 Å². The van der Waals surface area contributed by atoms with Crippen molar-refractivity contribution in [2.45, 2.75) is 25.8 Å². The number of carbonyl (C=O) groups is 3. The minimum atomic E-state index is -0.962. The first kappa shape index (κ1) is 29.1. The van der Waals surface area contributed by atoms with E-state index in [1.165, 1.54) is 0 Å². The summed E-state index contributed by atoms with van der Waals surface area (Å²) in [5.41, 5.74) is 4.10. The first-order valence-electron chi connectivity index (χ1n) is 13.6. The zero-order valence-corrected chi connectivity index (χ0v) is 23.1. The highest BCUT2D eigenvalue weighted by atomic mass is 16.5. The summed E-state index contributed by atoms with van der Waals surface area (Å²) >= 11 is 0. The van der Waals surface area contributed by atoms with E-state index in [2.05, 4.69) is 5.32 Å². The SMILES string of the molecule is COc1ccccc1CNC(=O)c1ccccc1-c1ccccc1C(=O)N(CCCc1ccccc1)CCC(=O)O. The molecule has 0 atom stereocenters. The van der Waals surface area contributed by atoms with Crippen LogP contribution < -0.4 is 10.1 Å². The molecule has 0 aliphatic carbocycles. The van der Waals surface area contributed by atoms with E-state index in [1.54, 1.807) is 36.3 Å². The topological polar surface area (TPSA) is 95.9 Å². The van der Waals surface area contributed by atoms with E-state index in [1.807, 2.05) is 78.9 Å². The van der Waals surface area contributed by atoms with E-state index in [-0.39, 0.29) is 31.3 Å². The van der Waals surface area contributed by atoms with Crippen LogP contribution in [-0.4, -0.2) is 48.0 Å². The third-order valence-corrected chi connectivity index (χ3v) is 6.87. The molecule has 2 N–H and O–H groups in total. The quantitative estimate of drug-likeness (QED) is 0.218. The second kappa shape index (κ2) is 14.5. The number of aliphatic carboxylic acids is 1. The summed E-state index contributed by atoms with van der Waals surface area (Å²) in [4.78, 5) is 40.2. The molecule has 7 nitrogen and oxygen atoms in total. The minimum absolute atomic E-state index is 0.0956. The van der Waals surface area contributed by atoms with Crippen molar-refractivity contribution in [2.75, 3.05) is 20.2 Å². The molecule has 0 radical (unpaired) electrons. The highest BCUT2D eigenvalue weighted by Gasteiger charge is 2.22. The van der Waals surface area contributed by atoms with E-state index in [0.29, 0.717) is 41.0 Å². The maximum absolute atomic E-state index is 13.9. The number of nitrogens with zero attached hydrogens (tertiary/aromatic N) is 1. The molecular formula is C34H34N2O5. The summed E-state index contributed by atoms with van der Waals surface area (Å²) in [5, 5.41) is 12.3. The van der Waals surface area contributed by atoms with Gasteiger partial charge in [0.25, 0.3) is 11.8 Å². The Morgan fingerprint density at radius 1 is 0.756 bits per heavy atom. The number of carboxylic acid groups (broad SMARTS) is 1. The molecule has 2 amide bonds. The van der Waals surface area contributed by atoms with E-state index >= 15 is 0 Å². The van der Waals surface area contributed by atoms with Crippen molar-refractivity contribution < 1.29 is 24.2 Å². The number of carbonyl (C=O) groups excluding carboxylic acids is 2. The number of hydrogen-bond acceptors (Lipinski definition) is 4. The Morgan fingerprint density at radius 3 is 2.07 bits per heavy atom. The molecule has 0 spiro atoms. The molecule has 4 aromatic carbocycles. The van der Waals surface area contributed by atoms with Gasteiger partial charge in [-0.3, -0.25) is 14.4 Å². The lowest BCUT2D eigenvalue weighted by atomic mass is 9.94. The van der Waals surface area contributed by atoms with Crippen LogP contribution in [0.2, 0.25) is 0 Å². The Balaban J connectivity index is 1.57. The standard InChI is InChI=1S/C34H34N2O5/c1-41-31-20-10-5-15-26(31)24-35-33(39)29-18-8-6-16-27(29)28-17-7-9-19-30(28)34(40)36(23-21-32(37)38)22-11-14-25-12-3-2-4-13-25/h2-10,12-13,15-20H,11,14,21-24H2,1H3,(H,35,39)(H,37,38). The number of nitrogens with one attached hydrogen (secondary N) is 1. The highest BCUT2D eigenvalue weighted by Crippen LogP contribution is 2.29. The number of amides is 2. The molecule has 0 unspecified atom stereocenters. The average Bonchev–Trinajstić information content (AvgIpc) is 3.01. The fourth-order valence-electron chi connectivity index (χ4n) is 4.77. The molecule has 4 rings (SSSR count). The lowest BCUT2D eigenvalue weighted by molar-refractivity contribution is -0.137. The van der Waals surface area contributed by atoms with Crippen LogP contribution in [0.25, 0.3) is 11.1 Å². The van der Waals surface area contributed by atoms with Gasteiger partial charge in [0.2, 0.25) is 0 Å². The van der Waals surface area contributed by atoms with E-state index in [4.69, 9.17) is 4.74 Å². The highest BCUT2D eigenvalue weighted by molar-refractivity contribution is 6.06. The zero-order valence-electron chi connectivity index (χ0n) is 23.1. The fourth-order valence-corrected chi connectivity index (χ4v) is 4.77. The number of methoxy groups -OCH3 is 1. The van der Waals surface area contributed by atoms with Crippen LogP contribution in [0.3, 0.4) is 0 Å². The van der Waals surface area contributed by atoms with Crippen LogP contribution in [0.4, 0.5) is 0 Å². The maximum Gasteiger partial charge on any atom is 0.305 e. The molecule has 0 saturated carbocycles. The van der Waals surface area contributed by atoms with Crippen LogP contribution in [-0.2, 0) is 17.8 Å². The average molecular weight is 551 g/mol. The van der Waals surface area contributed by atoms with Crippen LogP contribution in [0.5, 0.6) is 5.75 Å². The van der Waals surface area contributed by atoms with Crippen LogP contribution in [0.15, 0.2) is 103 Å². The van der Waals surface area contributed by atoms with Crippen molar-refractivity contribution in [1.29, 1.82) is 0 Å². The van der Waals surface area contributed by atoms with Crippen molar-refractivity contribution in [2.24, 2.45) is 0 Å². The molecule has 7 heteroatoms. The Labute approximate surface area is 240 Å². The molecule has 0 aromatic heterocycles. The zero-order chi connectivity index (χ0) is 29.0. The summed E-state index contributed by atoms with van der Waals surface area (Å²) in [6, 6.07) is 31.8. The van der Waals surface area contributed by atoms with Gasteiger partial charge in [0.15, 0.2) is 0 Å². The number of rotatable bonds is 13. The number of hydrogen-bond donors (Lipinski definition) is 2. The summed E-state index contributed by atoms with van der Waals surface area (Å²) in [6.45, 7) is 0.789. The molecule has 0 heterocycles. The van der Waals surface area contributed by atoms with Gasteiger partial charge in [-0.05, 0) is 47.7 Å². The van der Waals surface area contributed by atoms with Crippen LogP contribution in [0, 0.1) is 0 Å².